The van der Waals surface area contributed by atoms with Crippen molar-refractivity contribution < 1.29 is 23.8 Å². The van der Waals surface area contributed by atoms with Gasteiger partial charge in [0.05, 0.1) is 12.1 Å². The second-order valence-electron chi connectivity index (χ2n) is 15.6. The zero-order valence-corrected chi connectivity index (χ0v) is 32.9. The third-order valence-electron chi connectivity index (χ3n) is 10.0. The molecule has 0 aliphatic heterocycles. The van der Waals surface area contributed by atoms with Crippen molar-refractivity contribution in [3.05, 3.63) is 0 Å². The number of ether oxygens (including phenoxy) is 2. The molecule has 0 bridgehead atoms. The van der Waals surface area contributed by atoms with Crippen molar-refractivity contribution in [2.24, 2.45) is 5.92 Å². The van der Waals surface area contributed by atoms with E-state index in [1.54, 1.807) is 14.2 Å². The molecular formula is C38H79NO5Si. The zero-order chi connectivity index (χ0) is 34.1. The Morgan fingerprint density at radius 2 is 1.20 bits per heavy atom. The van der Waals surface area contributed by atoms with E-state index in [9.17, 15) is 9.90 Å². The maximum atomic E-state index is 12.0. The van der Waals surface area contributed by atoms with Crippen LogP contribution in [0.15, 0.2) is 0 Å². The first-order chi connectivity index (χ1) is 21.3. The van der Waals surface area contributed by atoms with E-state index in [4.69, 9.17) is 13.9 Å². The summed E-state index contributed by atoms with van der Waals surface area (Å²) < 4.78 is 18.9. The van der Waals surface area contributed by atoms with Crippen molar-refractivity contribution in [3.63, 3.8) is 0 Å². The highest BCUT2D eigenvalue weighted by atomic mass is 28.4. The lowest BCUT2D eigenvalue weighted by atomic mass is 9.92. The van der Waals surface area contributed by atoms with Crippen LogP contribution in [0.5, 0.6) is 0 Å². The molecule has 270 valence electrons. The van der Waals surface area contributed by atoms with Gasteiger partial charge in [-0.1, -0.05) is 144 Å². The molecule has 1 amide bonds. The molecule has 0 aliphatic carbocycles. The second kappa shape index (κ2) is 26.3. The zero-order valence-electron chi connectivity index (χ0n) is 31.9. The van der Waals surface area contributed by atoms with Gasteiger partial charge in [-0.2, -0.15) is 0 Å². The minimum Gasteiger partial charge on any atom is -0.465 e. The molecule has 45 heavy (non-hydrogen) atoms. The van der Waals surface area contributed by atoms with E-state index in [2.05, 4.69) is 54.6 Å². The summed E-state index contributed by atoms with van der Waals surface area (Å²) in [6, 6.07) is -0.222. The minimum atomic E-state index is -1.65. The van der Waals surface area contributed by atoms with E-state index in [1.807, 2.05) is 0 Å². The Labute approximate surface area is 282 Å². The van der Waals surface area contributed by atoms with E-state index in [0.29, 0.717) is 12.5 Å². The summed E-state index contributed by atoms with van der Waals surface area (Å²) in [5.41, 5.74) is 0. The molecule has 0 aliphatic rings. The molecule has 0 aromatic heterocycles. The highest BCUT2D eigenvalue weighted by Gasteiger charge is 2.37. The molecule has 0 radical (unpaired) electrons. The number of likely N-dealkylation sites (N-methyl/N-ethyl adjacent to an activating group) is 1. The Bertz CT molecular complexity index is 696. The van der Waals surface area contributed by atoms with Crippen LogP contribution in [0.2, 0.25) is 18.1 Å². The van der Waals surface area contributed by atoms with E-state index >= 15 is 0 Å². The van der Waals surface area contributed by atoms with Crippen molar-refractivity contribution in [2.45, 2.75) is 206 Å². The molecule has 1 N–H and O–H groups in total. The van der Waals surface area contributed by atoms with Gasteiger partial charge in [0.1, 0.15) is 6.10 Å². The third-order valence-corrected chi connectivity index (χ3v) is 14.5. The number of rotatable bonds is 30. The highest BCUT2D eigenvalue weighted by molar-refractivity contribution is 6.74. The lowest BCUT2D eigenvalue weighted by Crippen LogP contribution is -2.51. The summed E-state index contributed by atoms with van der Waals surface area (Å²) in [6.07, 6.45) is 23.4. The van der Waals surface area contributed by atoms with Crippen LogP contribution in [0.1, 0.15) is 170 Å². The topological polar surface area (TPSA) is 68.2 Å². The maximum Gasteiger partial charge on any atom is 0.407 e. The van der Waals surface area contributed by atoms with Gasteiger partial charge < -0.3 is 23.9 Å². The van der Waals surface area contributed by atoms with Gasteiger partial charge >= 0.3 is 6.09 Å². The monoisotopic (exact) mass is 658 g/mol. The van der Waals surface area contributed by atoms with Crippen LogP contribution in [0.3, 0.4) is 0 Å². The molecule has 0 saturated carbocycles. The molecule has 0 spiro atoms. The quantitative estimate of drug-likeness (QED) is 0.0615. The van der Waals surface area contributed by atoms with Gasteiger partial charge in [-0.15, -0.1) is 0 Å². The molecule has 0 fully saturated rings. The van der Waals surface area contributed by atoms with Gasteiger partial charge in [-0.3, -0.25) is 0 Å². The Balaban J connectivity index is 4.71. The fraction of sp³-hybridized carbons (Fsp3) is 0.974. The molecule has 6 nitrogen and oxygen atoms in total. The van der Waals surface area contributed by atoms with E-state index in [-0.39, 0.29) is 23.3 Å². The Hall–Kier alpha value is -0.633. The van der Waals surface area contributed by atoms with Crippen LogP contribution >= 0.6 is 0 Å². The summed E-state index contributed by atoms with van der Waals surface area (Å²) in [5.74, 6) is 0.368. The van der Waals surface area contributed by atoms with Gasteiger partial charge in [0.15, 0.2) is 8.32 Å². The third kappa shape index (κ3) is 21.8. The molecule has 0 aromatic carbocycles. The van der Waals surface area contributed by atoms with Gasteiger partial charge in [0.25, 0.3) is 0 Å². The predicted molar refractivity (Wildman–Crippen MR) is 196 cm³/mol. The van der Waals surface area contributed by atoms with E-state index in [0.717, 1.165) is 45.1 Å². The fourth-order valence-electron chi connectivity index (χ4n) is 5.91. The molecule has 7 heteroatoms. The normalized spacial score (nSPS) is 14.6. The summed E-state index contributed by atoms with van der Waals surface area (Å²) in [6.45, 7) is 19.7. The maximum absolute atomic E-state index is 12.0. The fourth-order valence-corrected chi connectivity index (χ4v) is 7.00. The summed E-state index contributed by atoms with van der Waals surface area (Å²) in [4.78, 5) is 13.4. The number of methoxy groups -OCH3 is 1. The SMILES string of the molecule is CCCCCCCCCCCCCCCC(OCCCCCCCO[Si](C)(C)C(C)(C)C)C(OC)C(CC(C)C)N(C)C(=O)O. The van der Waals surface area contributed by atoms with Gasteiger partial charge in [0, 0.05) is 27.4 Å². The van der Waals surface area contributed by atoms with Crippen LogP contribution in [0.4, 0.5) is 4.79 Å². The van der Waals surface area contributed by atoms with Gasteiger partial charge in [0.2, 0.25) is 0 Å². The van der Waals surface area contributed by atoms with Crippen LogP contribution in [-0.4, -0.2) is 70.0 Å². The number of carboxylic acid groups (broad SMARTS) is 1. The number of carbonyl (C=O) groups is 1. The van der Waals surface area contributed by atoms with Crippen LogP contribution in [0, 0.1) is 5.92 Å². The van der Waals surface area contributed by atoms with Gasteiger partial charge in [-0.05, 0) is 49.7 Å². The smallest absolute Gasteiger partial charge is 0.407 e. The van der Waals surface area contributed by atoms with Crippen molar-refractivity contribution in [1.82, 2.24) is 4.90 Å². The molecule has 3 unspecified atom stereocenters. The summed E-state index contributed by atoms with van der Waals surface area (Å²) in [7, 11) is 1.75. The Morgan fingerprint density at radius 3 is 1.62 bits per heavy atom. The number of amides is 1. The van der Waals surface area contributed by atoms with Crippen LogP contribution in [0.25, 0.3) is 0 Å². The number of nitrogens with zero attached hydrogens (tertiary/aromatic N) is 1. The van der Waals surface area contributed by atoms with Crippen molar-refractivity contribution in [2.75, 3.05) is 27.4 Å². The lowest BCUT2D eigenvalue weighted by Gasteiger charge is -2.37. The van der Waals surface area contributed by atoms with Crippen LogP contribution < -0.4 is 0 Å². The molecule has 0 aromatic rings. The Morgan fingerprint density at radius 1 is 0.756 bits per heavy atom. The summed E-state index contributed by atoms with van der Waals surface area (Å²) in [5, 5.41) is 10.1. The first-order valence-corrected chi connectivity index (χ1v) is 21.9. The minimum absolute atomic E-state index is 0.0914. The van der Waals surface area contributed by atoms with Gasteiger partial charge in [-0.25, -0.2) is 4.79 Å². The van der Waals surface area contributed by atoms with Crippen LogP contribution in [-0.2, 0) is 13.9 Å². The lowest BCUT2D eigenvalue weighted by molar-refractivity contribution is -0.0932. The molecule has 0 saturated heterocycles. The average molecular weight is 658 g/mol. The standard InChI is InChI=1S/C38H79NO5Si/c1-11-12-13-14-15-16-17-18-19-20-21-23-26-29-35(36(42-8)34(32-33(2)3)39(7)37(40)41)43-30-27-24-22-25-28-31-44-45(9,10)38(4,5)6/h33-36H,11-32H2,1-10H3,(H,40,41). The predicted octanol–water partition coefficient (Wildman–Crippen LogP) is 11.9. The first kappa shape index (κ1) is 44.4. The summed E-state index contributed by atoms with van der Waals surface area (Å²) >= 11 is 0. The number of hydrogen-bond donors (Lipinski definition) is 1. The van der Waals surface area contributed by atoms with Crippen molar-refractivity contribution in [1.29, 1.82) is 0 Å². The Kier molecular flexibility index (Phi) is 26.0. The van der Waals surface area contributed by atoms with Crippen molar-refractivity contribution in [3.8, 4) is 0 Å². The first-order valence-electron chi connectivity index (χ1n) is 19.0. The number of unbranched alkanes of at least 4 members (excludes halogenated alkanes) is 16. The second-order valence-corrected chi connectivity index (χ2v) is 20.4. The highest BCUT2D eigenvalue weighted by Crippen LogP contribution is 2.36. The molecule has 0 heterocycles. The molecule has 3 atom stereocenters. The van der Waals surface area contributed by atoms with E-state index < -0.39 is 14.4 Å². The molecule has 0 rings (SSSR count). The number of hydrogen-bond acceptors (Lipinski definition) is 4. The van der Waals surface area contributed by atoms with E-state index in [1.165, 1.54) is 94.8 Å². The average Bonchev–Trinajstić information content (AvgIpc) is 2.96. The largest absolute Gasteiger partial charge is 0.465 e. The molecular weight excluding hydrogens is 579 g/mol. The van der Waals surface area contributed by atoms with Crippen molar-refractivity contribution >= 4 is 14.4 Å².